The van der Waals surface area contributed by atoms with Crippen LogP contribution in [0.5, 0.6) is 0 Å². The zero-order valence-electron chi connectivity index (χ0n) is 20.1. The molecule has 0 spiro atoms. The van der Waals surface area contributed by atoms with E-state index in [-0.39, 0.29) is 16.3 Å². The van der Waals surface area contributed by atoms with E-state index in [1.807, 2.05) is 78.9 Å². The van der Waals surface area contributed by atoms with Gasteiger partial charge in [0.25, 0.3) is 0 Å². The number of thioether (sulfide) groups is 1. The van der Waals surface area contributed by atoms with Gasteiger partial charge >= 0.3 is 5.97 Å². The molecule has 1 aromatic heterocycles. The Morgan fingerprint density at radius 3 is 2.61 bits per heavy atom. The Kier molecular flexibility index (Phi) is 8.57. The van der Waals surface area contributed by atoms with Crippen molar-refractivity contribution in [2.24, 2.45) is 0 Å². The number of halogens is 1. The third kappa shape index (κ3) is 6.62. The molecule has 4 nitrogen and oxygen atoms in total. The van der Waals surface area contributed by atoms with E-state index in [4.69, 9.17) is 16.3 Å². The Morgan fingerprint density at radius 2 is 1.81 bits per heavy atom. The average molecular weight is 516 g/mol. The van der Waals surface area contributed by atoms with Gasteiger partial charge in [-0.3, -0.25) is 4.79 Å². The molecule has 0 N–H and O–H groups in total. The maximum absolute atomic E-state index is 12.1. The first-order chi connectivity index (χ1) is 17.4. The highest BCUT2D eigenvalue weighted by Gasteiger charge is 2.18. The van der Waals surface area contributed by atoms with E-state index in [1.54, 1.807) is 13.0 Å². The second-order valence-corrected chi connectivity index (χ2v) is 10.2. The summed E-state index contributed by atoms with van der Waals surface area (Å²) in [5.41, 5.74) is 5.24. The topological polar surface area (TPSA) is 56.3 Å². The number of aromatic nitrogens is 1. The standard InChI is InChI=1S/C30H26ClNO3S/c1-20(33)36-29(17-13-22-7-3-4-9-27(22)30(34)35-2)24-8-5-6-21(18-24)10-15-26-16-12-23-11-14-25(31)19-28(23)32-26/h3-12,14-16,18-19,29H,13,17H2,1-2H3/t29-/m1/s1. The van der Waals surface area contributed by atoms with E-state index in [2.05, 4.69) is 11.1 Å². The molecular weight excluding hydrogens is 490 g/mol. The minimum atomic E-state index is -0.349. The summed E-state index contributed by atoms with van der Waals surface area (Å²) in [6, 6.07) is 25.3. The van der Waals surface area contributed by atoms with Gasteiger partial charge in [0, 0.05) is 22.6 Å². The molecule has 0 unspecified atom stereocenters. The Balaban J connectivity index is 1.54. The summed E-state index contributed by atoms with van der Waals surface area (Å²) in [7, 11) is 1.38. The van der Waals surface area contributed by atoms with Crippen molar-refractivity contribution in [3.8, 4) is 0 Å². The summed E-state index contributed by atoms with van der Waals surface area (Å²) in [5.74, 6) is -0.349. The highest BCUT2D eigenvalue weighted by Crippen LogP contribution is 2.35. The maximum Gasteiger partial charge on any atom is 0.338 e. The first-order valence-electron chi connectivity index (χ1n) is 11.6. The number of carbonyl (C=O) groups excluding carboxylic acids is 2. The van der Waals surface area contributed by atoms with E-state index in [0.29, 0.717) is 23.4 Å². The molecule has 182 valence electrons. The van der Waals surface area contributed by atoms with Crippen LogP contribution >= 0.6 is 23.4 Å². The van der Waals surface area contributed by atoms with Crippen LogP contribution < -0.4 is 0 Å². The molecule has 0 radical (unpaired) electrons. The van der Waals surface area contributed by atoms with Gasteiger partial charge in [-0.25, -0.2) is 9.78 Å². The molecule has 0 saturated carbocycles. The van der Waals surface area contributed by atoms with Gasteiger partial charge < -0.3 is 4.74 Å². The quantitative estimate of drug-likeness (QED) is 0.224. The van der Waals surface area contributed by atoms with Crippen LogP contribution in [0, 0.1) is 0 Å². The van der Waals surface area contributed by atoms with Crippen molar-refractivity contribution in [2.75, 3.05) is 7.11 Å². The van der Waals surface area contributed by atoms with E-state index >= 15 is 0 Å². The lowest BCUT2D eigenvalue weighted by Crippen LogP contribution is -2.07. The van der Waals surface area contributed by atoms with Gasteiger partial charge in [0.1, 0.15) is 0 Å². The molecule has 0 aliphatic heterocycles. The van der Waals surface area contributed by atoms with Gasteiger partial charge in [-0.15, -0.1) is 0 Å². The number of hydrogen-bond donors (Lipinski definition) is 0. The van der Waals surface area contributed by atoms with Crippen LogP contribution in [0.3, 0.4) is 0 Å². The molecule has 0 aliphatic rings. The maximum atomic E-state index is 12.1. The first-order valence-corrected chi connectivity index (χ1v) is 12.9. The molecule has 0 amide bonds. The molecule has 0 bridgehead atoms. The summed E-state index contributed by atoms with van der Waals surface area (Å²) in [6.45, 7) is 1.58. The number of rotatable bonds is 8. The van der Waals surface area contributed by atoms with Crippen LogP contribution in [-0.2, 0) is 16.0 Å². The van der Waals surface area contributed by atoms with Crippen LogP contribution in [0.25, 0.3) is 23.1 Å². The van der Waals surface area contributed by atoms with Crippen LogP contribution in [-0.4, -0.2) is 23.2 Å². The Hall–Kier alpha value is -3.41. The monoisotopic (exact) mass is 515 g/mol. The zero-order valence-corrected chi connectivity index (χ0v) is 21.7. The Morgan fingerprint density at radius 1 is 1.00 bits per heavy atom. The minimum absolute atomic E-state index is 0.0394. The predicted molar refractivity (Wildman–Crippen MR) is 149 cm³/mol. The van der Waals surface area contributed by atoms with Crippen molar-refractivity contribution < 1.29 is 14.3 Å². The molecule has 1 heterocycles. The predicted octanol–water partition coefficient (Wildman–Crippen LogP) is 7.80. The van der Waals surface area contributed by atoms with Crippen LogP contribution in [0.15, 0.2) is 78.9 Å². The SMILES string of the molecule is COC(=O)c1ccccc1CC[C@@H](SC(C)=O)c1cccc(C=Cc2ccc3ccc(Cl)cc3n2)c1. The number of aryl methyl sites for hydroxylation is 1. The summed E-state index contributed by atoms with van der Waals surface area (Å²) >= 11 is 7.43. The fraction of sp³-hybridized carbons (Fsp3) is 0.167. The number of methoxy groups -OCH3 is 1. The molecule has 6 heteroatoms. The highest BCUT2D eigenvalue weighted by molar-refractivity contribution is 8.13. The number of nitrogens with zero attached hydrogens (tertiary/aromatic N) is 1. The van der Waals surface area contributed by atoms with E-state index < -0.39 is 0 Å². The molecular formula is C30H26ClNO3S. The van der Waals surface area contributed by atoms with Crippen LogP contribution in [0.1, 0.15) is 51.3 Å². The highest BCUT2D eigenvalue weighted by atomic mass is 35.5. The van der Waals surface area contributed by atoms with Crippen molar-refractivity contribution in [1.82, 2.24) is 4.98 Å². The molecule has 3 aromatic carbocycles. The fourth-order valence-corrected chi connectivity index (χ4v) is 5.16. The molecule has 0 saturated heterocycles. The minimum Gasteiger partial charge on any atom is -0.465 e. The van der Waals surface area contributed by atoms with E-state index in [1.165, 1.54) is 18.9 Å². The molecule has 4 aromatic rings. The van der Waals surface area contributed by atoms with Crippen molar-refractivity contribution in [3.05, 3.63) is 112 Å². The zero-order chi connectivity index (χ0) is 25.5. The van der Waals surface area contributed by atoms with Gasteiger partial charge in [0.2, 0.25) is 0 Å². The fourth-order valence-electron chi connectivity index (χ4n) is 4.07. The lowest BCUT2D eigenvalue weighted by Gasteiger charge is -2.17. The number of ether oxygens (including phenoxy) is 1. The van der Waals surface area contributed by atoms with Gasteiger partial charge in [-0.1, -0.05) is 84.0 Å². The number of pyridine rings is 1. The third-order valence-corrected chi connectivity index (χ3v) is 7.17. The van der Waals surface area contributed by atoms with Gasteiger partial charge in [0.15, 0.2) is 5.12 Å². The van der Waals surface area contributed by atoms with Crippen molar-refractivity contribution in [2.45, 2.75) is 25.0 Å². The summed E-state index contributed by atoms with van der Waals surface area (Å²) < 4.78 is 4.92. The van der Waals surface area contributed by atoms with Crippen molar-refractivity contribution in [1.29, 1.82) is 0 Å². The number of carbonyl (C=O) groups is 2. The second-order valence-electron chi connectivity index (χ2n) is 8.36. The number of benzene rings is 3. The summed E-state index contributed by atoms with van der Waals surface area (Å²) in [4.78, 5) is 28.9. The second kappa shape index (κ2) is 12.0. The van der Waals surface area contributed by atoms with Crippen molar-refractivity contribution >= 4 is 57.5 Å². The average Bonchev–Trinajstić information content (AvgIpc) is 2.89. The molecule has 0 fully saturated rings. The number of fused-ring (bicyclic) bond motifs is 1. The first kappa shape index (κ1) is 25.7. The molecule has 4 rings (SSSR count). The Bertz CT molecular complexity index is 1430. The van der Waals surface area contributed by atoms with Crippen LogP contribution in [0.4, 0.5) is 0 Å². The van der Waals surface area contributed by atoms with E-state index in [0.717, 1.165) is 33.3 Å². The van der Waals surface area contributed by atoms with E-state index in [9.17, 15) is 9.59 Å². The largest absolute Gasteiger partial charge is 0.465 e. The molecule has 0 aliphatic carbocycles. The van der Waals surface area contributed by atoms with Gasteiger partial charge in [-0.2, -0.15) is 0 Å². The summed E-state index contributed by atoms with van der Waals surface area (Å²) in [5, 5.41) is 1.71. The van der Waals surface area contributed by atoms with Crippen molar-refractivity contribution in [3.63, 3.8) is 0 Å². The normalized spacial score (nSPS) is 12.1. The number of hydrogen-bond acceptors (Lipinski definition) is 5. The Labute approximate surface area is 220 Å². The van der Waals surface area contributed by atoms with Crippen LogP contribution in [0.2, 0.25) is 5.02 Å². The summed E-state index contributed by atoms with van der Waals surface area (Å²) in [6.07, 6.45) is 5.35. The lowest BCUT2D eigenvalue weighted by molar-refractivity contribution is -0.109. The lowest BCUT2D eigenvalue weighted by atomic mass is 9.98. The van der Waals surface area contributed by atoms with Gasteiger partial charge in [-0.05, 0) is 59.9 Å². The smallest absolute Gasteiger partial charge is 0.338 e. The number of esters is 1. The molecule has 36 heavy (non-hydrogen) atoms. The third-order valence-electron chi connectivity index (χ3n) is 5.81. The molecule has 1 atom stereocenters. The van der Waals surface area contributed by atoms with Gasteiger partial charge in [0.05, 0.1) is 23.9 Å².